The first kappa shape index (κ1) is 15.5. The fourth-order valence-electron chi connectivity index (χ4n) is 1.91. The number of ether oxygens (including phenoxy) is 1. The number of carbonyl (C=O) groups excluding carboxylic acids is 1. The molecular weight excluding hydrogens is 310 g/mol. The molecule has 1 aliphatic heterocycles. The number of hydrogen-bond donors (Lipinski definition) is 3. The molecule has 9 heteroatoms. The van der Waals surface area contributed by atoms with E-state index in [4.69, 9.17) is 21.4 Å². The number of hydrogen-bond acceptors (Lipinski definition) is 3. The summed E-state index contributed by atoms with van der Waals surface area (Å²) >= 11 is 5.63. The summed E-state index contributed by atoms with van der Waals surface area (Å²) < 4.78 is 31.4. The fraction of sp³-hybridized carbons (Fsp3) is 0.333. The van der Waals surface area contributed by atoms with Crippen molar-refractivity contribution in [3.05, 3.63) is 28.8 Å². The maximum absolute atomic E-state index is 13.5. The molecule has 2 amide bonds. The third kappa shape index (κ3) is 3.22. The average molecular weight is 321 g/mol. The minimum absolute atomic E-state index is 0.0788. The fourth-order valence-corrected chi connectivity index (χ4v) is 2.15. The Morgan fingerprint density at radius 2 is 2.10 bits per heavy atom. The van der Waals surface area contributed by atoms with E-state index in [1.165, 1.54) is 0 Å². The molecule has 0 saturated carbocycles. The third-order valence-electron chi connectivity index (χ3n) is 3.03. The quantitative estimate of drug-likeness (QED) is 0.794. The van der Waals surface area contributed by atoms with Crippen LogP contribution in [0.25, 0.3) is 0 Å². The van der Waals surface area contributed by atoms with Crippen molar-refractivity contribution in [2.45, 2.75) is 12.0 Å². The van der Waals surface area contributed by atoms with Crippen molar-refractivity contribution in [2.24, 2.45) is 0 Å². The minimum Gasteiger partial charge on any atom is -0.479 e. The van der Waals surface area contributed by atoms with Gasteiger partial charge in [0, 0.05) is 19.1 Å². The second kappa shape index (κ2) is 5.82. The molecule has 0 aliphatic carbocycles. The topological polar surface area (TPSA) is 87.7 Å². The molecule has 1 aliphatic rings. The van der Waals surface area contributed by atoms with Crippen molar-refractivity contribution in [1.82, 2.24) is 5.32 Å². The largest absolute Gasteiger partial charge is 0.479 e. The maximum atomic E-state index is 13.5. The lowest BCUT2D eigenvalue weighted by Gasteiger charge is -2.24. The number of anilines is 1. The van der Waals surface area contributed by atoms with Crippen LogP contribution in [0.3, 0.4) is 0 Å². The van der Waals surface area contributed by atoms with Gasteiger partial charge in [-0.05, 0) is 6.07 Å². The van der Waals surface area contributed by atoms with Gasteiger partial charge >= 0.3 is 12.0 Å². The highest BCUT2D eigenvalue weighted by molar-refractivity contribution is 6.33. The van der Waals surface area contributed by atoms with Crippen LogP contribution in [0, 0.1) is 11.6 Å². The molecule has 114 valence electrons. The summed E-state index contributed by atoms with van der Waals surface area (Å²) in [5.41, 5.74) is -2.01. The van der Waals surface area contributed by atoms with E-state index >= 15 is 0 Å². The Labute approximate surface area is 123 Å². The number of halogens is 3. The predicted molar refractivity (Wildman–Crippen MR) is 69.3 cm³/mol. The lowest BCUT2D eigenvalue weighted by Crippen LogP contribution is -2.56. The van der Waals surface area contributed by atoms with Crippen LogP contribution >= 0.6 is 11.6 Å². The number of aliphatic carboxylic acids is 1. The van der Waals surface area contributed by atoms with E-state index in [-0.39, 0.29) is 24.7 Å². The molecule has 0 radical (unpaired) electrons. The van der Waals surface area contributed by atoms with Crippen molar-refractivity contribution in [3.8, 4) is 0 Å². The highest BCUT2D eigenvalue weighted by Crippen LogP contribution is 2.27. The standard InChI is InChI=1S/C12H11ClF2N2O4/c13-7-3-6(14)4-8(15)9(7)16-11(20)17-12(10(18)19)1-2-21-5-12/h3-4H,1-2,5H2,(H,18,19)(H2,16,17,20). The number of carboxylic acid groups (broad SMARTS) is 1. The van der Waals surface area contributed by atoms with Gasteiger partial charge in [-0.2, -0.15) is 0 Å². The maximum Gasteiger partial charge on any atom is 0.332 e. The molecule has 0 aromatic heterocycles. The predicted octanol–water partition coefficient (Wildman–Crippen LogP) is 1.98. The van der Waals surface area contributed by atoms with Crippen LogP contribution < -0.4 is 10.6 Å². The first-order valence-corrected chi connectivity index (χ1v) is 6.27. The summed E-state index contributed by atoms with van der Waals surface area (Å²) in [5.74, 6) is -3.22. The Bertz CT molecular complexity index is 568. The van der Waals surface area contributed by atoms with Crippen LogP contribution in [0.4, 0.5) is 19.3 Å². The molecule has 1 atom stereocenters. The summed E-state index contributed by atoms with van der Waals surface area (Å²) in [7, 11) is 0. The van der Waals surface area contributed by atoms with Crippen LogP contribution in [0.1, 0.15) is 6.42 Å². The zero-order valence-electron chi connectivity index (χ0n) is 10.6. The Morgan fingerprint density at radius 3 is 2.62 bits per heavy atom. The molecule has 1 heterocycles. The van der Waals surface area contributed by atoms with E-state index in [1.807, 2.05) is 0 Å². The highest BCUT2D eigenvalue weighted by Gasteiger charge is 2.44. The first-order chi connectivity index (χ1) is 9.84. The number of urea groups is 1. The van der Waals surface area contributed by atoms with E-state index in [0.29, 0.717) is 6.07 Å². The van der Waals surface area contributed by atoms with Gasteiger partial charge in [0.15, 0.2) is 11.4 Å². The van der Waals surface area contributed by atoms with E-state index in [0.717, 1.165) is 6.07 Å². The zero-order valence-corrected chi connectivity index (χ0v) is 11.3. The van der Waals surface area contributed by atoms with Crippen molar-refractivity contribution >= 4 is 29.3 Å². The molecule has 21 heavy (non-hydrogen) atoms. The molecule has 1 aromatic rings. The van der Waals surface area contributed by atoms with E-state index < -0.39 is 34.9 Å². The molecular formula is C12H11ClF2N2O4. The smallest absolute Gasteiger partial charge is 0.332 e. The van der Waals surface area contributed by atoms with Crippen molar-refractivity contribution < 1.29 is 28.2 Å². The van der Waals surface area contributed by atoms with Gasteiger partial charge in [0.1, 0.15) is 5.82 Å². The molecule has 1 aromatic carbocycles. The lowest BCUT2D eigenvalue weighted by atomic mass is 9.99. The number of amides is 2. The molecule has 1 fully saturated rings. The van der Waals surface area contributed by atoms with Crippen LogP contribution in [0.5, 0.6) is 0 Å². The van der Waals surface area contributed by atoms with Gasteiger partial charge in [0.25, 0.3) is 0 Å². The Hall–Kier alpha value is -1.93. The number of rotatable bonds is 3. The number of carbonyl (C=O) groups is 2. The Morgan fingerprint density at radius 1 is 1.38 bits per heavy atom. The molecule has 2 rings (SSSR count). The monoisotopic (exact) mass is 320 g/mol. The van der Waals surface area contributed by atoms with Gasteiger partial charge in [-0.25, -0.2) is 18.4 Å². The summed E-state index contributed by atoms with van der Waals surface area (Å²) in [4.78, 5) is 23.0. The van der Waals surface area contributed by atoms with Gasteiger partial charge in [0.2, 0.25) is 0 Å². The molecule has 1 saturated heterocycles. The van der Waals surface area contributed by atoms with Gasteiger partial charge in [0.05, 0.1) is 17.3 Å². The Balaban J connectivity index is 2.14. The van der Waals surface area contributed by atoms with E-state index in [9.17, 15) is 18.4 Å². The first-order valence-electron chi connectivity index (χ1n) is 5.89. The third-order valence-corrected chi connectivity index (χ3v) is 3.33. The van der Waals surface area contributed by atoms with E-state index in [2.05, 4.69) is 10.6 Å². The molecule has 0 spiro atoms. The molecule has 6 nitrogen and oxygen atoms in total. The van der Waals surface area contributed by atoms with Gasteiger partial charge in [-0.15, -0.1) is 0 Å². The second-order valence-electron chi connectivity index (χ2n) is 4.51. The number of carboxylic acids is 1. The Kier molecular flexibility index (Phi) is 4.29. The summed E-state index contributed by atoms with van der Waals surface area (Å²) in [5, 5.41) is 13.1. The molecule has 1 unspecified atom stereocenters. The van der Waals surface area contributed by atoms with Crippen LogP contribution in [-0.2, 0) is 9.53 Å². The van der Waals surface area contributed by atoms with Crippen molar-refractivity contribution in [1.29, 1.82) is 0 Å². The van der Waals surface area contributed by atoms with Crippen molar-refractivity contribution in [3.63, 3.8) is 0 Å². The average Bonchev–Trinajstić information content (AvgIpc) is 2.83. The summed E-state index contributed by atoms with van der Waals surface area (Å²) in [6.07, 6.45) is 0.0788. The molecule has 0 bridgehead atoms. The van der Waals surface area contributed by atoms with Gasteiger partial charge < -0.3 is 20.5 Å². The van der Waals surface area contributed by atoms with Crippen LogP contribution in [0.15, 0.2) is 12.1 Å². The summed E-state index contributed by atoms with van der Waals surface area (Å²) in [6, 6.07) is 0.397. The second-order valence-corrected chi connectivity index (χ2v) is 4.92. The van der Waals surface area contributed by atoms with Gasteiger partial charge in [-0.3, -0.25) is 0 Å². The lowest BCUT2D eigenvalue weighted by molar-refractivity contribution is -0.144. The van der Waals surface area contributed by atoms with Crippen LogP contribution in [-0.4, -0.2) is 35.9 Å². The highest BCUT2D eigenvalue weighted by atomic mass is 35.5. The van der Waals surface area contributed by atoms with E-state index in [1.54, 1.807) is 0 Å². The SMILES string of the molecule is O=C(Nc1c(F)cc(F)cc1Cl)NC1(C(=O)O)CCOC1. The zero-order chi connectivity index (χ0) is 15.6. The number of benzene rings is 1. The molecule has 3 N–H and O–H groups in total. The van der Waals surface area contributed by atoms with Crippen LogP contribution in [0.2, 0.25) is 5.02 Å². The normalized spacial score (nSPS) is 21.1. The minimum atomic E-state index is -1.58. The van der Waals surface area contributed by atoms with Gasteiger partial charge in [-0.1, -0.05) is 11.6 Å². The number of nitrogens with one attached hydrogen (secondary N) is 2. The summed E-state index contributed by atoms with van der Waals surface area (Å²) in [6.45, 7) is -0.0202. The van der Waals surface area contributed by atoms with Crippen molar-refractivity contribution in [2.75, 3.05) is 18.5 Å².